The molecular weight excluding hydrogens is 366 g/mol. The lowest BCUT2D eigenvalue weighted by atomic mass is 10.2. The minimum Gasteiger partial charge on any atom is -0.495 e. The quantitative estimate of drug-likeness (QED) is 0.620. The summed E-state index contributed by atoms with van der Waals surface area (Å²) in [6, 6.07) is 16.9. The molecule has 0 aliphatic carbocycles. The molecule has 2 aromatic carbocycles. The molecule has 0 amide bonds. The summed E-state index contributed by atoms with van der Waals surface area (Å²) in [6.45, 7) is 7.26. The molecule has 0 radical (unpaired) electrons. The van der Waals surface area contributed by atoms with Crippen LogP contribution < -0.4 is 9.64 Å². The highest BCUT2D eigenvalue weighted by molar-refractivity contribution is 7.13. The Morgan fingerprint density at radius 2 is 1.89 bits per heavy atom. The van der Waals surface area contributed by atoms with E-state index in [4.69, 9.17) is 9.72 Å². The first kappa shape index (κ1) is 19.0. The van der Waals surface area contributed by atoms with Gasteiger partial charge in [0.05, 0.1) is 18.5 Å². The summed E-state index contributed by atoms with van der Waals surface area (Å²) in [5.74, 6) is 0.964. The third-order valence-corrected chi connectivity index (χ3v) is 6.16. The highest BCUT2D eigenvalue weighted by Gasteiger charge is 2.19. The highest BCUT2D eigenvalue weighted by Crippen LogP contribution is 2.30. The van der Waals surface area contributed by atoms with Gasteiger partial charge in [-0.1, -0.05) is 36.4 Å². The maximum Gasteiger partial charge on any atom is 0.142 e. The molecule has 1 aliphatic heterocycles. The van der Waals surface area contributed by atoms with Crippen molar-refractivity contribution >= 4 is 17.0 Å². The molecule has 0 atom stereocenters. The maximum absolute atomic E-state index is 5.60. The second kappa shape index (κ2) is 8.76. The van der Waals surface area contributed by atoms with Crippen LogP contribution in [0, 0.1) is 6.92 Å². The van der Waals surface area contributed by atoms with Gasteiger partial charge in [-0.15, -0.1) is 11.3 Å². The first-order valence-corrected chi connectivity index (χ1v) is 10.7. The molecule has 5 heteroatoms. The molecule has 1 aliphatic rings. The second-order valence-electron chi connectivity index (χ2n) is 7.30. The van der Waals surface area contributed by atoms with Gasteiger partial charge in [0.15, 0.2) is 0 Å². The molecular formula is C23H27N3OS. The minimum atomic E-state index is 0.919. The molecule has 0 N–H and O–H groups in total. The molecule has 0 spiro atoms. The Bertz CT molecular complexity index is 909. The van der Waals surface area contributed by atoms with Crippen LogP contribution in [-0.2, 0) is 6.54 Å². The van der Waals surface area contributed by atoms with E-state index in [0.717, 1.165) is 49.9 Å². The van der Waals surface area contributed by atoms with Crippen molar-refractivity contribution in [1.82, 2.24) is 9.88 Å². The van der Waals surface area contributed by atoms with Crippen LogP contribution in [0.25, 0.3) is 10.6 Å². The Hall–Kier alpha value is -2.37. The van der Waals surface area contributed by atoms with Gasteiger partial charge in [-0.25, -0.2) is 4.98 Å². The van der Waals surface area contributed by atoms with E-state index in [1.807, 2.05) is 6.07 Å². The van der Waals surface area contributed by atoms with E-state index in [1.54, 1.807) is 18.4 Å². The van der Waals surface area contributed by atoms with Crippen molar-refractivity contribution < 1.29 is 4.74 Å². The fourth-order valence-electron chi connectivity index (χ4n) is 3.74. The monoisotopic (exact) mass is 393 g/mol. The lowest BCUT2D eigenvalue weighted by molar-refractivity contribution is 0.282. The highest BCUT2D eigenvalue weighted by atomic mass is 32.1. The Labute approximate surface area is 171 Å². The molecule has 2 heterocycles. The number of aromatic nitrogens is 1. The van der Waals surface area contributed by atoms with Crippen LogP contribution in [0.15, 0.2) is 53.9 Å². The predicted octanol–water partition coefficient (Wildman–Crippen LogP) is 4.84. The van der Waals surface area contributed by atoms with Crippen LogP contribution in [0.1, 0.15) is 17.7 Å². The van der Waals surface area contributed by atoms with Gasteiger partial charge in [-0.3, -0.25) is 4.90 Å². The number of aryl methyl sites for hydroxylation is 1. The van der Waals surface area contributed by atoms with E-state index in [-0.39, 0.29) is 0 Å². The molecule has 0 saturated carbocycles. The van der Waals surface area contributed by atoms with Crippen LogP contribution in [0.4, 0.5) is 5.69 Å². The SMILES string of the molecule is COc1ccc(C)cc1N1CCCN(Cc2csc(-c3ccccc3)n2)CC1. The Kier molecular flexibility index (Phi) is 5.93. The average molecular weight is 394 g/mol. The number of ether oxygens (including phenoxy) is 1. The molecule has 28 heavy (non-hydrogen) atoms. The van der Waals surface area contributed by atoms with Crippen molar-refractivity contribution in [3.63, 3.8) is 0 Å². The van der Waals surface area contributed by atoms with Crippen molar-refractivity contribution in [2.24, 2.45) is 0 Å². The lowest BCUT2D eigenvalue weighted by Gasteiger charge is -2.25. The van der Waals surface area contributed by atoms with Gasteiger partial charge in [0.1, 0.15) is 10.8 Å². The van der Waals surface area contributed by atoms with Crippen molar-refractivity contribution in [2.75, 3.05) is 38.2 Å². The normalized spacial score (nSPS) is 15.4. The summed E-state index contributed by atoms with van der Waals surface area (Å²) in [5.41, 5.74) is 4.86. The number of benzene rings is 2. The maximum atomic E-state index is 5.60. The van der Waals surface area contributed by atoms with Gasteiger partial charge < -0.3 is 9.64 Å². The van der Waals surface area contributed by atoms with Gasteiger partial charge in [0, 0.05) is 43.7 Å². The van der Waals surface area contributed by atoms with Gasteiger partial charge in [0.2, 0.25) is 0 Å². The molecule has 0 unspecified atom stereocenters. The zero-order chi connectivity index (χ0) is 19.3. The Morgan fingerprint density at radius 1 is 1.04 bits per heavy atom. The van der Waals surface area contributed by atoms with Crippen LogP contribution in [0.5, 0.6) is 5.75 Å². The van der Waals surface area contributed by atoms with Gasteiger partial charge in [-0.05, 0) is 31.0 Å². The third-order valence-electron chi connectivity index (χ3n) is 5.22. The summed E-state index contributed by atoms with van der Waals surface area (Å²) in [6.07, 6.45) is 1.15. The van der Waals surface area contributed by atoms with E-state index in [2.05, 4.69) is 64.6 Å². The number of methoxy groups -OCH3 is 1. The first-order valence-electron chi connectivity index (χ1n) is 9.85. The molecule has 1 saturated heterocycles. The number of rotatable bonds is 5. The fraction of sp³-hybridized carbons (Fsp3) is 0.348. The fourth-order valence-corrected chi connectivity index (χ4v) is 4.56. The van der Waals surface area contributed by atoms with Crippen LogP contribution in [0.3, 0.4) is 0 Å². The minimum absolute atomic E-state index is 0.919. The second-order valence-corrected chi connectivity index (χ2v) is 8.16. The van der Waals surface area contributed by atoms with Crippen LogP contribution in [-0.4, -0.2) is 43.2 Å². The number of thiazole rings is 1. The Balaban J connectivity index is 1.41. The van der Waals surface area contributed by atoms with Crippen molar-refractivity contribution in [3.05, 3.63) is 65.2 Å². The van der Waals surface area contributed by atoms with Crippen LogP contribution >= 0.6 is 11.3 Å². The first-order chi connectivity index (χ1) is 13.7. The molecule has 1 aromatic heterocycles. The summed E-state index contributed by atoms with van der Waals surface area (Å²) in [4.78, 5) is 9.85. The third kappa shape index (κ3) is 4.37. The van der Waals surface area contributed by atoms with Crippen molar-refractivity contribution in [2.45, 2.75) is 19.9 Å². The number of hydrogen-bond acceptors (Lipinski definition) is 5. The van der Waals surface area contributed by atoms with E-state index in [1.165, 1.54) is 22.5 Å². The van der Waals surface area contributed by atoms with Crippen molar-refractivity contribution in [3.8, 4) is 16.3 Å². The molecule has 4 rings (SSSR count). The van der Waals surface area contributed by atoms with E-state index in [0.29, 0.717) is 0 Å². The summed E-state index contributed by atoms with van der Waals surface area (Å²) >= 11 is 1.74. The van der Waals surface area contributed by atoms with E-state index in [9.17, 15) is 0 Å². The molecule has 0 bridgehead atoms. The van der Waals surface area contributed by atoms with Gasteiger partial charge in [0.25, 0.3) is 0 Å². The van der Waals surface area contributed by atoms with Gasteiger partial charge >= 0.3 is 0 Å². The molecule has 146 valence electrons. The predicted molar refractivity (Wildman–Crippen MR) is 117 cm³/mol. The molecule has 3 aromatic rings. The Morgan fingerprint density at radius 3 is 2.71 bits per heavy atom. The zero-order valence-corrected chi connectivity index (χ0v) is 17.4. The molecule has 1 fully saturated rings. The number of hydrogen-bond donors (Lipinski definition) is 0. The zero-order valence-electron chi connectivity index (χ0n) is 16.6. The van der Waals surface area contributed by atoms with Gasteiger partial charge in [-0.2, -0.15) is 0 Å². The smallest absolute Gasteiger partial charge is 0.142 e. The lowest BCUT2D eigenvalue weighted by Crippen LogP contribution is -2.30. The van der Waals surface area contributed by atoms with E-state index >= 15 is 0 Å². The van der Waals surface area contributed by atoms with E-state index < -0.39 is 0 Å². The topological polar surface area (TPSA) is 28.6 Å². The summed E-state index contributed by atoms with van der Waals surface area (Å²) in [5, 5.41) is 3.31. The summed E-state index contributed by atoms with van der Waals surface area (Å²) in [7, 11) is 1.75. The standard InChI is InChI=1S/C23H27N3OS/c1-18-9-10-22(27-2)21(15-18)26-12-6-11-25(13-14-26)16-20-17-28-23(24-20)19-7-4-3-5-8-19/h3-5,7-10,15,17H,6,11-14,16H2,1-2H3. The molecule has 4 nitrogen and oxygen atoms in total. The summed E-state index contributed by atoms with van der Waals surface area (Å²) < 4.78 is 5.60. The van der Waals surface area contributed by atoms with Crippen LogP contribution in [0.2, 0.25) is 0 Å². The number of anilines is 1. The van der Waals surface area contributed by atoms with Crippen molar-refractivity contribution in [1.29, 1.82) is 0 Å². The largest absolute Gasteiger partial charge is 0.495 e. The number of nitrogens with zero attached hydrogens (tertiary/aromatic N) is 3. The average Bonchev–Trinajstić information content (AvgIpc) is 3.07.